The van der Waals surface area contributed by atoms with E-state index in [1.54, 1.807) is 24.3 Å². The lowest BCUT2D eigenvalue weighted by atomic mass is 10.2. The fourth-order valence-corrected chi connectivity index (χ4v) is 1.84. The van der Waals surface area contributed by atoms with Gasteiger partial charge in [-0.1, -0.05) is 17.7 Å². The first kappa shape index (κ1) is 14.0. The van der Waals surface area contributed by atoms with Gasteiger partial charge in [0, 0.05) is 12.7 Å². The molecule has 0 saturated heterocycles. The largest absolute Gasteiger partial charge is 0.311 e. The van der Waals surface area contributed by atoms with Crippen molar-refractivity contribution in [2.45, 2.75) is 0 Å². The van der Waals surface area contributed by atoms with Gasteiger partial charge in [-0.15, -0.1) is 0 Å². The van der Waals surface area contributed by atoms with Gasteiger partial charge in [0.1, 0.15) is 11.0 Å². The number of nitrogens with zero attached hydrogens (tertiary/aromatic N) is 3. The van der Waals surface area contributed by atoms with Crippen molar-refractivity contribution in [1.82, 2.24) is 4.98 Å². The Hall–Kier alpha value is -2.45. The molecule has 0 radical (unpaired) electrons. The van der Waals surface area contributed by atoms with E-state index in [4.69, 9.17) is 16.9 Å². The lowest BCUT2D eigenvalue weighted by Crippen LogP contribution is -2.26. The molecule has 2 aromatic rings. The minimum Gasteiger partial charge on any atom is -0.311 e. The number of rotatable bonds is 2. The monoisotopic (exact) mass is 289 g/mol. The molecule has 6 heteroatoms. The molecule has 4 nitrogen and oxygen atoms in total. The van der Waals surface area contributed by atoms with E-state index in [1.165, 1.54) is 11.9 Å². The van der Waals surface area contributed by atoms with E-state index < -0.39 is 11.7 Å². The second-order valence-corrected chi connectivity index (χ2v) is 4.38. The average Bonchev–Trinajstić information content (AvgIpc) is 2.48. The highest BCUT2D eigenvalue weighted by atomic mass is 35.5. The van der Waals surface area contributed by atoms with Crippen molar-refractivity contribution in [3.8, 4) is 6.07 Å². The van der Waals surface area contributed by atoms with Crippen LogP contribution < -0.4 is 4.90 Å². The summed E-state index contributed by atoms with van der Waals surface area (Å²) in [6.45, 7) is 0. The Balaban J connectivity index is 2.37. The standard InChI is InChI=1S/C14H9ClFN3O/c1-19(11-4-2-3-9(5-11)7-17)14(20)12-6-10(16)8-18-13(12)15/h2-6,8H,1H3. The number of aromatic nitrogens is 1. The predicted molar refractivity (Wildman–Crippen MR) is 73.1 cm³/mol. The molecule has 0 bridgehead atoms. The molecule has 0 aliphatic heterocycles. The van der Waals surface area contributed by atoms with Crippen molar-refractivity contribution in [2.75, 3.05) is 11.9 Å². The summed E-state index contributed by atoms with van der Waals surface area (Å²) in [6.07, 6.45) is 0.940. The molecule has 0 atom stereocenters. The van der Waals surface area contributed by atoms with Crippen molar-refractivity contribution in [2.24, 2.45) is 0 Å². The fraction of sp³-hybridized carbons (Fsp3) is 0.0714. The molecule has 2 rings (SSSR count). The third-order valence-corrected chi connectivity index (χ3v) is 3.00. The maximum atomic E-state index is 13.2. The highest BCUT2D eigenvalue weighted by molar-refractivity contribution is 6.33. The summed E-state index contributed by atoms with van der Waals surface area (Å²) >= 11 is 5.80. The zero-order chi connectivity index (χ0) is 14.7. The van der Waals surface area contributed by atoms with Gasteiger partial charge in [-0.05, 0) is 24.3 Å². The summed E-state index contributed by atoms with van der Waals surface area (Å²) < 4.78 is 13.2. The van der Waals surface area contributed by atoms with Crippen molar-refractivity contribution in [1.29, 1.82) is 5.26 Å². The molecule has 1 aromatic carbocycles. The molecule has 0 saturated carbocycles. The predicted octanol–water partition coefficient (Wildman–Crippen LogP) is 3.02. The van der Waals surface area contributed by atoms with Gasteiger partial charge in [-0.2, -0.15) is 5.26 Å². The molecule has 0 fully saturated rings. The van der Waals surface area contributed by atoms with E-state index in [9.17, 15) is 9.18 Å². The van der Waals surface area contributed by atoms with Crippen molar-refractivity contribution < 1.29 is 9.18 Å². The normalized spacial score (nSPS) is 9.90. The summed E-state index contributed by atoms with van der Waals surface area (Å²) in [5.74, 6) is -1.14. The fourth-order valence-electron chi connectivity index (χ4n) is 1.65. The van der Waals surface area contributed by atoms with Crippen LogP contribution in [-0.4, -0.2) is 17.9 Å². The summed E-state index contributed by atoms with van der Waals surface area (Å²) in [5.41, 5.74) is 0.900. The smallest absolute Gasteiger partial charge is 0.261 e. The number of amides is 1. The minimum atomic E-state index is -0.642. The molecule has 1 heterocycles. The van der Waals surface area contributed by atoms with Gasteiger partial charge in [0.15, 0.2) is 0 Å². The maximum Gasteiger partial charge on any atom is 0.261 e. The summed E-state index contributed by atoms with van der Waals surface area (Å²) in [5, 5.41) is 8.78. The van der Waals surface area contributed by atoms with Gasteiger partial charge in [0.2, 0.25) is 0 Å². The zero-order valence-corrected chi connectivity index (χ0v) is 11.2. The Morgan fingerprint density at radius 2 is 2.20 bits per heavy atom. The van der Waals surface area contributed by atoms with Crippen molar-refractivity contribution in [3.63, 3.8) is 0 Å². The van der Waals surface area contributed by atoms with E-state index in [1.807, 2.05) is 6.07 Å². The minimum absolute atomic E-state index is 0.0310. The van der Waals surface area contributed by atoms with Gasteiger partial charge in [-0.3, -0.25) is 4.79 Å². The second kappa shape index (κ2) is 5.68. The second-order valence-electron chi connectivity index (χ2n) is 4.02. The van der Waals surface area contributed by atoms with Crippen LogP contribution in [0.15, 0.2) is 36.5 Å². The van der Waals surface area contributed by atoms with E-state index in [0.717, 1.165) is 12.3 Å². The zero-order valence-electron chi connectivity index (χ0n) is 10.5. The van der Waals surface area contributed by atoms with Gasteiger partial charge < -0.3 is 4.90 Å². The van der Waals surface area contributed by atoms with E-state index in [2.05, 4.69) is 4.98 Å². The van der Waals surface area contributed by atoms with Gasteiger partial charge in [0.25, 0.3) is 5.91 Å². The first-order valence-electron chi connectivity index (χ1n) is 5.62. The Morgan fingerprint density at radius 3 is 2.90 bits per heavy atom. The number of carbonyl (C=O) groups is 1. The van der Waals surface area contributed by atoms with E-state index in [-0.39, 0.29) is 10.7 Å². The van der Waals surface area contributed by atoms with Crippen LogP contribution in [0.3, 0.4) is 0 Å². The van der Waals surface area contributed by atoms with Gasteiger partial charge in [0.05, 0.1) is 23.4 Å². The molecule has 0 spiro atoms. The number of hydrogen-bond acceptors (Lipinski definition) is 3. The van der Waals surface area contributed by atoms with Crippen LogP contribution >= 0.6 is 11.6 Å². The van der Waals surface area contributed by atoms with Gasteiger partial charge in [-0.25, -0.2) is 9.37 Å². The number of nitriles is 1. The van der Waals surface area contributed by atoms with Crippen LogP contribution in [0.4, 0.5) is 10.1 Å². The van der Waals surface area contributed by atoms with Crippen molar-refractivity contribution in [3.05, 3.63) is 58.6 Å². The van der Waals surface area contributed by atoms with Crippen molar-refractivity contribution >= 4 is 23.2 Å². The highest BCUT2D eigenvalue weighted by Gasteiger charge is 2.18. The average molecular weight is 290 g/mol. The molecule has 100 valence electrons. The molecular weight excluding hydrogens is 281 g/mol. The number of benzene rings is 1. The third kappa shape index (κ3) is 2.76. The summed E-state index contributed by atoms with van der Waals surface area (Å²) in [7, 11) is 1.51. The number of halogens is 2. The van der Waals surface area contributed by atoms with E-state index >= 15 is 0 Å². The number of carbonyl (C=O) groups excluding carboxylic acids is 1. The molecule has 0 aliphatic carbocycles. The third-order valence-electron chi connectivity index (χ3n) is 2.70. The Labute approximate surface area is 120 Å². The number of pyridine rings is 1. The molecular formula is C14H9ClFN3O. The van der Waals surface area contributed by atoms with E-state index in [0.29, 0.717) is 11.3 Å². The molecule has 0 N–H and O–H groups in total. The van der Waals surface area contributed by atoms with Crippen LogP contribution in [0.1, 0.15) is 15.9 Å². The number of anilines is 1. The lowest BCUT2D eigenvalue weighted by molar-refractivity contribution is 0.0992. The molecule has 20 heavy (non-hydrogen) atoms. The molecule has 1 amide bonds. The topological polar surface area (TPSA) is 57.0 Å². The maximum absolute atomic E-state index is 13.2. The highest BCUT2D eigenvalue weighted by Crippen LogP contribution is 2.20. The first-order valence-corrected chi connectivity index (χ1v) is 6.00. The Morgan fingerprint density at radius 1 is 1.45 bits per heavy atom. The molecule has 0 aliphatic rings. The van der Waals surface area contributed by atoms with Crippen LogP contribution in [-0.2, 0) is 0 Å². The van der Waals surface area contributed by atoms with Crippen LogP contribution in [0.2, 0.25) is 5.15 Å². The van der Waals surface area contributed by atoms with Crippen LogP contribution in [0.5, 0.6) is 0 Å². The Kier molecular flexibility index (Phi) is 3.97. The Bertz CT molecular complexity index is 712. The van der Waals surface area contributed by atoms with Crippen LogP contribution in [0, 0.1) is 17.1 Å². The molecule has 0 unspecified atom stereocenters. The molecule has 1 aromatic heterocycles. The van der Waals surface area contributed by atoms with Gasteiger partial charge >= 0.3 is 0 Å². The quantitative estimate of drug-likeness (QED) is 0.799. The summed E-state index contributed by atoms with van der Waals surface area (Å²) in [4.78, 5) is 17.2. The lowest BCUT2D eigenvalue weighted by Gasteiger charge is -2.18. The number of hydrogen-bond donors (Lipinski definition) is 0. The summed E-state index contributed by atoms with van der Waals surface area (Å²) in [6, 6.07) is 9.51. The van der Waals surface area contributed by atoms with Crippen LogP contribution in [0.25, 0.3) is 0 Å². The SMILES string of the molecule is CN(C(=O)c1cc(F)cnc1Cl)c1cccc(C#N)c1. The first-order chi connectivity index (χ1) is 9.52.